The van der Waals surface area contributed by atoms with Crippen LogP contribution in [0.5, 0.6) is 5.75 Å². The number of benzene rings is 2. The Bertz CT molecular complexity index is 742. The Balaban J connectivity index is 1.95. The van der Waals surface area contributed by atoms with Gasteiger partial charge in [-0.3, -0.25) is 0 Å². The third-order valence-corrected chi connectivity index (χ3v) is 3.89. The van der Waals surface area contributed by atoms with Crippen molar-refractivity contribution in [3.63, 3.8) is 0 Å². The Hall–Kier alpha value is -2.46. The lowest BCUT2D eigenvalue weighted by Gasteiger charge is -2.18. The van der Waals surface area contributed by atoms with E-state index in [0.29, 0.717) is 11.6 Å². The molecule has 0 saturated carbocycles. The Kier molecular flexibility index (Phi) is 6.90. The van der Waals surface area contributed by atoms with Gasteiger partial charge in [-0.1, -0.05) is 41.4 Å². The van der Waals surface area contributed by atoms with E-state index in [4.69, 9.17) is 16.3 Å². The van der Waals surface area contributed by atoms with Crippen molar-refractivity contribution >= 4 is 23.7 Å². The lowest BCUT2D eigenvalue weighted by atomic mass is 10.0. The predicted molar refractivity (Wildman–Crippen MR) is 103 cm³/mol. The fourth-order valence-corrected chi connectivity index (χ4v) is 2.52. The summed E-state index contributed by atoms with van der Waals surface area (Å²) in [5.74, 6) is 0.789. The van der Waals surface area contributed by atoms with Crippen LogP contribution in [0.4, 0.5) is 4.79 Å². The number of aryl methyl sites for hydroxylation is 1. The molecule has 132 valence electrons. The van der Waals surface area contributed by atoms with Gasteiger partial charge in [-0.15, -0.1) is 0 Å². The van der Waals surface area contributed by atoms with Crippen LogP contribution < -0.4 is 15.4 Å². The Morgan fingerprint density at radius 1 is 1.24 bits per heavy atom. The average Bonchev–Trinajstić information content (AvgIpc) is 2.58. The zero-order chi connectivity index (χ0) is 18.2. The Morgan fingerprint density at radius 2 is 1.96 bits per heavy atom. The van der Waals surface area contributed by atoms with E-state index in [1.54, 1.807) is 24.4 Å². The molecule has 25 heavy (non-hydrogen) atoms. The second kappa shape index (κ2) is 9.14. The lowest BCUT2D eigenvalue weighted by molar-refractivity contribution is 0.241. The van der Waals surface area contributed by atoms with Crippen molar-refractivity contribution in [1.82, 2.24) is 10.6 Å². The fraction of sp³-hybridized carbons (Fsp3) is 0.250. The Labute approximate surface area is 153 Å². The number of nitrogens with one attached hydrogen (secondary N) is 2. The second-order valence-electron chi connectivity index (χ2n) is 5.70. The monoisotopic (exact) mass is 358 g/mol. The quantitative estimate of drug-likeness (QED) is 0.756. The van der Waals surface area contributed by atoms with Gasteiger partial charge in [0.2, 0.25) is 0 Å². The smallest absolute Gasteiger partial charge is 0.319 e. The minimum Gasteiger partial charge on any atom is -0.494 e. The summed E-state index contributed by atoms with van der Waals surface area (Å²) in [4.78, 5) is 12.1. The molecule has 2 amide bonds. The molecule has 0 bridgehead atoms. The van der Waals surface area contributed by atoms with Gasteiger partial charge >= 0.3 is 6.03 Å². The summed E-state index contributed by atoms with van der Waals surface area (Å²) in [6.07, 6.45) is 3.41. The number of halogens is 1. The van der Waals surface area contributed by atoms with Crippen molar-refractivity contribution in [2.75, 3.05) is 6.61 Å². The van der Waals surface area contributed by atoms with E-state index >= 15 is 0 Å². The zero-order valence-electron chi connectivity index (χ0n) is 14.7. The van der Waals surface area contributed by atoms with Crippen LogP contribution in [0.3, 0.4) is 0 Å². The largest absolute Gasteiger partial charge is 0.494 e. The fourth-order valence-electron chi connectivity index (χ4n) is 2.40. The van der Waals surface area contributed by atoms with Gasteiger partial charge in [0.05, 0.1) is 12.6 Å². The topological polar surface area (TPSA) is 50.4 Å². The molecule has 2 N–H and O–H groups in total. The van der Waals surface area contributed by atoms with Crippen LogP contribution >= 0.6 is 11.6 Å². The number of amides is 2. The number of carbonyl (C=O) groups excluding carboxylic acids is 1. The molecule has 5 heteroatoms. The standard InChI is InChI=1S/C20H23ClN2O2/c1-4-25-19-10-5-14(2)13-18(19)15(3)23-20(24)22-12-11-16-6-8-17(21)9-7-16/h5-13,15H,4H2,1-3H3,(H2,22,23,24)/b12-11+. The van der Waals surface area contributed by atoms with Gasteiger partial charge in [0, 0.05) is 16.8 Å². The van der Waals surface area contributed by atoms with Gasteiger partial charge in [0.1, 0.15) is 5.75 Å². The minimum atomic E-state index is -0.276. The molecule has 0 fully saturated rings. The lowest BCUT2D eigenvalue weighted by Crippen LogP contribution is -2.34. The second-order valence-corrected chi connectivity index (χ2v) is 6.14. The molecule has 2 aromatic rings. The first kappa shape index (κ1) is 18.9. The summed E-state index contributed by atoms with van der Waals surface area (Å²) in [5.41, 5.74) is 3.03. The maximum atomic E-state index is 12.1. The van der Waals surface area contributed by atoms with E-state index in [0.717, 1.165) is 22.4 Å². The van der Waals surface area contributed by atoms with Crippen LogP contribution in [-0.2, 0) is 0 Å². The molecule has 2 aromatic carbocycles. The Morgan fingerprint density at radius 3 is 2.64 bits per heavy atom. The van der Waals surface area contributed by atoms with Gasteiger partial charge in [0.15, 0.2) is 0 Å². The summed E-state index contributed by atoms with van der Waals surface area (Å²) < 4.78 is 5.65. The molecule has 0 aliphatic heterocycles. The van der Waals surface area contributed by atoms with E-state index < -0.39 is 0 Å². The highest BCUT2D eigenvalue weighted by Crippen LogP contribution is 2.26. The van der Waals surface area contributed by atoms with Crippen molar-refractivity contribution in [2.24, 2.45) is 0 Å². The van der Waals surface area contributed by atoms with Crippen molar-refractivity contribution in [3.05, 3.63) is 70.4 Å². The summed E-state index contributed by atoms with van der Waals surface area (Å²) in [7, 11) is 0. The van der Waals surface area contributed by atoms with Gasteiger partial charge in [-0.25, -0.2) is 4.79 Å². The SMILES string of the molecule is CCOc1ccc(C)cc1C(C)NC(=O)N/C=C/c1ccc(Cl)cc1. The average molecular weight is 359 g/mol. The third kappa shape index (κ3) is 5.84. The van der Waals surface area contributed by atoms with Crippen molar-refractivity contribution in [2.45, 2.75) is 26.8 Å². The molecule has 4 nitrogen and oxygen atoms in total. The van der Waals surface area contributed by atoms with E-state index in [1.165, 1.54) is 0 Å². The maximum absolute atomic E-state index is 12.1. The van der Waals surface area contributed by atoms with Crippen LogP contribution in [0.2, 0.25) is 5.02 Å². The van der Waals surface area contributed by atoms with E-state index in [-0.39, 0.29) is 12.1 Å². The molecular weight excluding hydrogens is 336 g/mol. The van der Waals surface area contributed by atoms with E-state index in [9.17, 15) is 4.79 Å². The zero-order valence-corrected chi connectivity index (χ0v) is 15.4. The summed E-state index contributed by atoms with van der Waals surface area (Å²) >= 11 is 5.84. The van der Waals surface area contributed by atoms with Crippen LogP contribution in [0.1, 0.15) is 36.6 Å². The van der Waals surface area contributed by atoms with Crippen LogP contribution in [0.15, 0.2) is 48.7 Å². The van der Waals surface area contributed by atoms with Gasteiger partial charge < -0.3 is 15.4 Å². The first-order chi connectivity index (χ1) is 12.0. The molecule has 0 aromatic heterocycles. The molecule has 0 aliphatic rings. The number of hydrogen-bond acceptors (Lipinski definition) is 2. The summed E-state index contributed by atoms with van der Waals surface area (Å²) in [5, 5.41) is 6.30. The van der Waals surface area contributed by atoms with E-state index in [2.05, 4.69) is 10.6 Å². The van der Waals surface area contributed by atoms with Gasteiger partial charge in [0.25, 0.3) is 0 Å². The first-order valence-electron chi connectivity index (χ1n) is 8.22. The highest BCUT2D eigenvalue weighted by atomic mass is 35.5. The number of ether oxygens (including phenoxy) is 1. The molecule has 2 rings (SSSR count). The summed E-state index contributed by atoms with van der Waals surface area (Å²) in [6.45, 7) is 6.47. The van der Waals surface area contributed by atoms with E-state index in [1.807, 2.05) is 51.1 Å². The van der Waals surface area contributed by atoms with Crippen LogP contribution in [0, 0.1) is 6.92 Å². The highest BCUT2D eigenvalue weighted by molar-refractivity contribution is 6.30. The highest BCUT2D eigenvalue weighted by Gasteiger charge is 2.14. The maximum Gasteiger partial charge on any atom is 0.319 e. The first-order valence-corrected chi connectivity index (χ1v) is 8.60. The number of carbonyl (C=O) groups is 1. The molecule has 0 saturated heterocycles. The molecule has 0 aliphatic carbocycles. The van der Waals surface area contributed by atoms with Crippen LogP contribution in [-0.4, -0.2) is 12.6 Å². The van der Waals surface area contributed by atoms with Gasteiger partial charge in [-0.05, 0) is 50.6 Å². The molecule has 1 atom stereocenters. The predicted octanol–water partition coefficient (Wildman–Crippen LogP) is 5.08. The molecule has 0 spiro atoms. The minimum absolute atomic E-state index is 0.176. The number of hydrogen-bond donors (Lipinski definition) is 2. The molecule has 0 heterocycles. The number of rotatable bonds is 6. The summed E-state index contributed by atoms with van der Waals surface area (Å²) in [6, 6.07) is 12.9. The molecule has 0 radical (unpaired) electrons. The van der Waals surface area contributed by atoms with Gasteiger partial charge in [-0.2, -0.15) is 0 Å². The van der Waals surface area contributed by atoms with Crippen molar-refractivity contribution in [1.29, 1.82) is 0 Å². The van der Waals surface area contributed by atoms with Crippen LogP contribution in [0.25, 0.3) is 6.08 Å². The number of urea groups is 1. The molecule has 1 unspecified atom stereocenters. The molecular formula is C20H23ClN2O2. The van der Waals surface area contributed by atoms with Crippen molar-refractivity contribution in [3.8, 4) is 5.75 Å². The third-order valence-electron chi connectivity index (χ3n) is 3.64. The van der Waals surface area contributed by atoms with Crippen molar-refractivity contribution < 1.29 is 9.53 Å². The normalized spacial score (nSPS) is 12.0.